The number of carbonyl (C=O) groups excluding carboxylic acids is 1. The van der Waals surface area contributed by atoms with Crippen molar-refractivity contribution in [2.75, 3.05) is 26.2 Å². The predicted octanol–water partition coefficient (Wildman–Crippen LogP) is 2.44. The van der Waals surface area contributed by atoms with Crippen molar-refractivity contribution in [1.29, 1.82) is 0 Å². The van der Waals surface area contributed by atoms with E-state index in [0.29, 0.717) is 19.5 Å². The molecule has 0 radical (unpaired) electrons. The largest absolute Gasteiger partial charge is 0.481 e. The zero-order chi connectivity index (χ0) is 18.4. The Bertz CT molecular complexity index is 590. The fourth-order valence-electron chi connectivity index (χ4n) is 3.18. The monoisotopic (exact) mass is 346 g/mol. The molecule has 2 N–H and O–H groups in total. The van der Waals surface area contributed by atoms with Gasteiger partial charge >= 0.3 is 5.97 Å². The summed E-state index contributed by atoms with van der Waals surface area (Å²) in [4.78, 5) is 25.1. The molecular formula is C20H30N2O3. The summed E-state index contributed by atoms with van der Waals surface area (Å²) in [5.41, 5.74) is 2.66. The third-order valence-corrected chi connectivity index (χ3v) is 4.78. The summed E-state index contributed by atoms with van der Waals surface area (Å²) >= 11 is 0. The van der Waals surface area contributed by atoms with Gasteiger partial charge in [-0.1, -0.05) is 45.0 Å². The molecule has 0 bridgehead atoms. The minimum absolute atomic E-state index is 0.0302. The van der Waals surface area contributed by atoms with Crippen LogP contribution >= 0.6 is 0 Å². The summed E-state index contributed by atoms with van der Waals surface area (Å²) in [7, 11) is 0. The van der Waals surface area contributed by atoms with Crippen LogP contribution in [0.4, 0.5) is 0 Å². The number of hydrogen-bond acceptors (Lipinski definition) is 3. The van der Waals surface area contributed by atoms with Crippen molar-refractivity contribution in [2.45, 2.75) is 45.4 Å². The Kier molecular flexibility index (Phi) is 6.59. The molecule has 25 heavy (non-hydrogen) atoms. The van der Waals surface area contributed by atoms with Gasteiger partial charge in [-0.15, -0.1) is 0 Å². The molecule has 1 aliphatic rings. The molecule has 1 unspecified atom stereocenters. The van der Waals surface area contributed by atoms with E-state index >= 15 is 0 Å². The number of nitrogens with one attached hydrogen (secondary N) is 1. The fraction of sp³-hybridized carbons (Fsp3) is 0.600. The fourth-order valence-corrected chi connectivity index (χ4v) is 3.18. The number of likely N-dealkylation sites (tertiary alicyclic amines) is 1. The highest BCUT2D eigenvalue weighted by atomic mass is 16.4. The summed E-state index contributed by atoms with van der Waals surface area (Å²) in [6.45, 7) is 8.73. The lowest BCUT2D eigenvalue weighted by Crippen LogP contribution is -2.44. The lowest BCUT2D eigenvalue weighted by atomic mass is 9.86. The normalized spacial score (nSPS) is 18.8. The molecule has 0 aromatic heterocycles. The van der Waals surface area contributed by atoms with Crippen LogP contribution in [0.3, 0.4) is 0 Å². The first-order valence-corrected chi connectivity index (χ1v) is 9.07. The summed E-state index contributed by atoms with van der Waals surface area (Å²) in [6.07, 6.45) is 2.34. The van der Waals surface area contributed by atoms with Gasteiger partial charge in [0.25, 0.3) is 0 Å². The minimum Gasteiger partial charge on any atom is -0.481 e. The zero-order valence-corrected chi connectivity index (χ0v) is 15.5. The average molecular weight is 346 g/mol. The lowest BCUT2D eigenvalue weighted by Gasteiger charge is -2.29. The molecule has 0 aliphatic carbocycles. The number of amides is 1. The Hall–Kier alpha value is -1.88. The average Bonchev–Trinajstić information content (AvgIpc) is 2.54. The van der Waals surface area contributed by atoms with Crippen molar-refractivity contribution in [3.8, 4) is 0 Å². The molecule has 5 heteroatoms. The van der Waals surface area contributed by atoms with Gasteiger partial charge in [-0.3, -0.25) is 14.5 Å². The van der Waals surface area contributed by atoms with Gasteiger partial charge in [0.05, 0.1) is 12.5 Å². The van der Waals surface area contributed by atoms with E-state index in [-0.39, 0.29) is 23.8 Å². The quantitative estimate of drug-likeness (QED) is 0.830. The first-order valence-electron chi connectivity index (χ1n) is 9.07. The van der Waals surface area contributed by atoms with Crippen molar-refractivity contribution in [2.24, 2.45) is 5.92 Å². The van der Waals surface area contributed by atoms with Crippen LogP contribution in [-0.2, 0) is 21.4 Å². The van der Waals surface area contributed by atoms with Crippen LogP contribution in [0.15, 0.2) is 24.3 Å². The van der Waals surface area contributed by atoms with Gasteiger partial charge in [-0.2, -0.15) is 0 Å². The van der Waals surface area contributed by atoms with Gasteiger partial charge in [-0.05, 0) is 42.3 Å². The van der Waals surface area contributed by atoms with E-state index in [1.165, 1.54) is 11.1 Å². The van der Waals surface area contributed by atoms with E-state index in [1.54, 1.807) is 0 Å². The van der Waals surface area contributed by atoms with E-state index in [2.05, 4.69) is 50.4 Å². The second-order valence-corrected chi connectivity index (χ2v) is 7.96. The number of carboxylic acids is 1. The number of nitrogens with zero attached hydrogens (tertiary/aromatic N) is 1. The molecule has 2 rings (SSSR count). The molecular weight excluding hydrogens is 316 g/mol. The van der Waals surface area contributed by atoms with Gasteiger partial charge in [0.1, 0.15) is 0 Å². The van der Waals surface area contributed by atoms with E-state index in [9.17, 15) is 9.59 Å². The number of hydrogen-bond donors (Lipinski definition) is 2. The molecule has 1 heterocycles. The molecule has 1 saturated heterocycles. The predicted molar refractivity (Wildman–Crippen MR) is 98.7 cm³/mol. The molecule has 0 saturated carbocycles. The number of rotatable bonds is 6. The lowest BCUT2D eigenvalue weighted by molar-refractivity contribution is -0.144. The SMILES string of the molecule is CC(C)(C)c1ccc(CCNC(=O)CN2CCCC(C(=O)O)C2)cc1. The smallest absolute Gasteiger partial charge is 0.307 e. The number of piperidine rings is 1. The van der Waals surface area contributed by atoms with Crippen molar-refractivity contribution >= 4 is 11.9 Å². The second kappa shape index (κ2) is 8.48. The summed E-state index contributed by atoms with van der Waals surface area (Å²) < 4.78 is 0. The van der Waals surface area contributed by atoms with Crippen LogP contribution in [0, 0.1) is 5.92 Å². The molecule has 0 spiro atoms. The van der Waals surface area contributed by atoms with E-state index in [4.69, 9.17) is 5.11 Å². The molecule has 138 valence electrons. The standard InChI is InChI=1S/C20H30N2O3/c1-20(2,3)17-8-6-15(7-9-17)10-11-21-18(23)14-22-12-4-5-16(13-22)19(24)25/h6-9,16H,4-5,10-14H2,1-3H3,(H,21,23)(H,24,25). The highest BCUT2D eigenvalue weighted by Gasteiger charge is 2.26. The van der Waals surface area contributed by atoms with E-state index in [1.807, 2.05) is 4.90 Å². The Labute approximate surface area is 150 Å². The van der Waals surface area contributed by atoms with Gasteiger partial charge in [0.2, 0.25) is 5.91 Å². The van der Waals surface area contributed by atoms with Gasteiger partial charge < -0.3 is 10.4 Å². The Morgan fingerprint density at radius 2 is 1.92 bits per heavy atom. The van der Waals surface area contributed by atoms with Crippen LogP contribution < -0.4 is 5.32 Å². The Balaban J connectivity index is 1.72. The first-order chi connectivity index (χ1) is 11.8. The third-order valence-electron chi connectivity index (χ3n) is 4.78. The van der Waals surface area contributed by atoms with Crippen LogP contribution in [0.5, 0.6) is 0 Å². The Morgan fingerprint density at radius 1 is 1.24 bits per heavy atom. The molecule has 1 amide bonds. The van der Waals surface area contributed by atoms with Crippen LogP contribution in [0.2, 0.25) is 0 Å². The highest BCUT2D eigenvalue weighted by molar-refractivity contribution is 5.78. The van der Waals surface area contributed by atoms with Crippen LogP contribution in [0.1, 0.15) is 44.7 Å². The Morgan fingerprint density at radius 3 is 2.52 bits per heavy atom. The highest BCUT2D eigenvalue weighted by Crippen LogP contribution is 2.22. The van der Waals surface area contributed by atoms with Crippen molar-refractivity contribution in [3.05, 3.63) is 35.4 Å². The van der Waals surface area contributed by atoms with Gasteiger partial charge in [0.15, 0.2) is 0 Å². The number of carbonyl (C=O) groups is 2. The van der Waals surface area contributed by atoms with Crippen molar-refractivity contribution < 1.29 is 14.7 Å². The molecule has 1 aromatic carbocycles. The third kappa shape index (κ3) is 6.16. The maximum absolute atomic E-state index is 12.1. The zero-order valence-electron chi connectivity index (χ0n) is 15.5. The van der Waals surface area contributed by atoms with E-state index < -0.39 is 5.97 Å². The maximum atomic E-state index is 12.1. The molecule has 1 fully saturated rings. The molecule has 1 atom stereocenters. The van der Waals surface area contributed by atoms with Crippen LogP contribution in [0.25, 0.3) is 0 Å². The number of benzene rings is 1. The van der Waals surface area contributed by atoms with E-state index in [0.717, 1.165) is 19.4 Å². The molecule has 1 aromatic rings. The number of aliphatic carboxylic acids is 1. The van der Waals surface area contributed by atoms with Crippen molar-refractivity contribution in [3.63, 3.8) is 0 Å². The molecule has 5 nitrogen and oxygen atoms in total. The first kappa shape index (κ1) is 19.4. The van der Waals surface area contributed by atoms with Crippen LogP contribution in [-0.4, -0.2) is 48.1 Å². The second-order valence-electron chi connectivity index (χ2n) is 7.96. The topological polar surface area (TPSA) is 69.6 Å². The van der Waals surface area contributed by atoms with Gasteiger partial charge in [0, 0.05) is 13.1 Å². The summed E-state index contributed by atoms with van der Waals surface area (Å²) in [5.74, 6) is -1.14. The summed E-state index contributed by atoms with van der Waals surface area (Å²) in [5, 5.41) is 12.0. The minimum atomic E-state index is -0.760. The summed E-state index contributed by atoms with van der Waals surface area (Å²) in [6, 6.07) is 8.54. The van der Waals surface area contributed by atoms with Gasteiger partial charge in [-0.25, -0.2) is 0 Å². The maximum Gasteiger partial charge on any atom is 0.307 e. The van der Waals surface area contributed by atoms with Crippen molar-refractivity contribution in [1.82, 2.24) is 10.2 Å². The number of carboxylic acid groups (broad SMARTS) is 1. The molecule has 1 aliphatic heterocycles.